The normalized spacial score (nSPS) is 54.6. The Bertz CT molecular complexity index is 2470. The van der Waals surface area contributed by atoms with Gasteiger partial charge in [0.05, 0.1) is 55.6 Å². The molecular formula is C58H92O28. The lowest BCUT2D eigenvalue weighted by atomic mass is 9.33. The van der Waals surface area contributed by atoms with E-state index in [9.17, 15) is 86.5 Å². The zero-order valence-electron chi connectivity index (χ0n) is 49.5. The van der Waals surface area contributed by atoms with Gasteiger partial charge in [-0.25, -0.2) is 0 Å². The second kappa shape index (κ2) is 24.0. The molecule has 0 radical (unpaired) electrons. The first-order chi connectivity index (χ1) is 40.2. The van der Waals surface area contributed by atoms with Gasteiger partial charge in [0.2, 0.25) is 12.1 Å². The lowest BCUT2D eigenvalue weighted by molar-refractivity contribution is -0.384. The van der Waals surface area contributed by atoms with E-state index in [4.69, 9.17) is 47.4 Å². The van der Waals surface area contributed by atoms with Crippen LogP contribution in [-0.2, 0) is 57.0 Å². The Morgan fingerprint density at radius 1 is 0.628 bits per heavy atom. The van der Waals surface area contributed by atoms with Crippen molar-refractivity contribution in [3.8, 4) is 0 Å². The maximum atomic E-state index is 15.8. The number of esters is 1. The van der Waals surface area contributed by atoms with Crippen LogP contribution in [0.2, 0.25) is 0 Å². The molecule has 0 aromatic heterocycles. The molecule has 0 spiro atoms. The Labute approximate surface area is 497 Å². The van der Waals surface area contributed by atoms with E-state index in [2.05, 4.69) is 26.8 Å². The van der Waals surface area contributed by atoms with Crippen molar-refractivity contribution in [2.75, 3.05) is 26.4 Å². The van der Waals surface area contributed by atoms with Gasteiger partial charge in [-0.1, -0.05) is 39.3 Å². The van der Waals surface area contributed by atoms with Crippen LogP contribution in [0.15, 0.2) is 11.6 Å². The number of carbonyl (C=O) groups is 2. The molecule has 32 atom stereocenters. The molecule has 492 valence electrons. The van der Waals surface area contributed by atoms with Crippen LogP contribution in [0, 0.1) is 50.2 Å². The monoisotopic (exact) mass is 1240 g/mol. The number of carboxylic acids is 1. The van der Waals surface area contributed by atoms with Crippen LogP contribution >= 0.6 is 0 Å². The predicted molar refractivity (Wildman–Crippen MR) is 285 cm³/mol. The molecule has 0 aromatic rings. The van der Waals surface area contributed by atoms with Crippen molar-refractivity contribution in [2.45, 2.75) is 260 Å². The average Bonchev–Trinajstić information content (AvgIpc) is 0.727. The van der Waals surface area contributed by atoms with Crippen molar-refractivity contribution in [3.05, 3.63) is 11.6 Å². The Morgan fingerprint density at radius 3 is 1.92 bits per heavy atom. The molecule has 0 unspecified atom stereocenters. The fraction of sp³-hybridized carbons (Fsp3) is 0.931. The highest BCUT2D eigenvalue weighted by atomic mass is 16.8. The minimum atomic E-state index is -2.47. The molecule has 10 aliphatic rings. The SMILES string of the molecule is C[C@@H]1O[C@@H](O[C@H]2[C@H](OC(=O)[C@]34CCC(C)(C)C[C@H]3C3=CC[C@@H]5[C@@]6(C)C[C@H](O)[C@H](O[C@@H]7O[C@H](CO)[C@@H](O)[C@H](O)[C@H]7O)[C@@](C)(C(=O)O)[C@@H]6CC[C@@]5(C)[C@]3(CO)CC4)O[C@H](C)[C@H](O)[C@@H]2O[C@H]2C[C@H](O)[C@@](O)(CO)O2)[C@H](O)[C@H](O)[C@H]1O[C@@H]1OC[C@@H](O)[C@H](O)[C@H]1O. The summed E-state index contributed by atoms with van der Waals surface area (Å²) in [7, 11) is 0. The Hall–Kier alpha value is -2.28. The van der Waals surface area contributed by atoms with Crippen molar-refractivity contribution >= 4 is 11.9 Å². The molecule has 5 heterocycles. The largest absolute Gasteiger partial charge is 0.481 e. The van der Waals surface area contributed by atoms with Crippen molar-refractivity contribution < 1.29 is 139 Å². The van der Waals surface area contributed by atoms with Crippen molar-refractivity contribution in [3.63, 3.8) is 0 Å². The van der Waals surface area contributed by atoms with Crippen molar-refractivity contribution in [1.29, 1.82) is 0 Å². The first-order valence-electron chi connectivity index (χ1n) is 30.3. The minimum Gasteiger partial charge on any atom is -0.481 e. The molecule has 5 saturated heterocycles. The van der Waals surface area contributed by atoms with Crippen LogP contribution in [0.1, 0.15) is 113 Å². The van der Waals surface area contributed by atoms with Crippen LogP contribution in [-0.4, -0.2) is 267 Å². The lowest BCUT2D eigenvalue weighted by Gasteiger charge is -2.71. The van der Waals surface area contributed by atoms with E-state index in [0.717, 1.165) is 5.57 Å². The van der Waals surface area contributed by atoms with Gasteiger partial charge in [-0.15, -0.1) is 0 Å². The zero-order valence-corrected chi connectivity index (χ0v) is 49.5. The first-order valence-corrected chi connectivity index (χ1v) is 30.3. The van der Waals surface area contributed by atoms with E-state index in [1.165, 1.54) is 20.8 Å². The molecule has 28 heteroatoms. The van der Waals surface area contributed by atoms with Crippen LogP contribution < -0.4 is 0 Å². The van der Waals surface area contributed by atoms with E-state index in [0.29, 0.717) is 32.1 Å². The van der Waals surface area contributed by atoms with Crippen LogP contribution in [0.3, 0.4) is 0 Å². The third-order valence-electron chi connectivity index (χ3n) is 22.8. The molecule has 28 nitrogen and oxygen atoms in total. The van der Waals surface area contributed by atoms with Gasteiger partial charge >= 0.3 is 11.9 Å². The van der Waals surface area contributed by atoms with Gasteiger partial charge in [0.1, 0.15) is 85.5 Å². The number of hydrogen-bond acceptors (Lipinski definition) is 27. The number of aliphatic hydroxyl groups excluding tert-OH is 14. The number of aliphatic hydroxyl groups is 15. The number of carboxylic acid groups (broad SMARTS) is 1. The highest BCUT2D eigenvalue weighted by Gasteiger charge is 2.74. The minimum absolute atomic E-state index is 0.0179. The van der Waals surface area contributed by atoms with E-state index in [-0.39, 0.29) is 43.6 Å². The molecule has 9 fully saturated rings. The summed E-state index contributed by atoms with van der Waals surface area (Å²) in [4.78, 5) is 29.6. The second-order valence-electron chi connectivity index (χ2n) is 28.0. The van der Waals surface area contributed by atoms with Crippen LogP contribution in [0.5, 0.6) is 0 Å². The van der Waals surface area contributed by atoms with Gasteiger partial charge in [-0.05, 0) is 113 Å². The lowest BCUT2D eigenvalue weighted by Crippen LogP contribution is -2.71. The standard InChI is InChI=1S/C58H92O28/c1-23-34(65)43(81-33-16-32(64)58(76,22-61)86-33)44(83-47-41(72)38(69)42(24(2)79-47)82-46-39(70)35(66)28(63)20-77-46)49(78-23)85-51(75)56-13-12-52(3,4)17-26(56)25-8-9-30-53(5)18-27(62)45(84-48-40(71)37(68)36(67)29(19-59)80-48)55(7,50(73)74)31(53)10-11-54(30,6)57(25,21-60)15-14-56/h8,23-24,26-49,59-72,76H,9-22H2,1-7H3,(H,73,74)/t23-,24+,26+,27+,28-,29-,30-,31-,32+,33-,34+,35+,36-,37+,38+,39-,40-,41-,42+,43+,44-,45+,46+,47+,48+,49+,53-,54-,55+,56+,57+,58-/m1/s1. The van der Waals surface area contributed by atoms with Gasteiger partial charge in [-0.3, -0.25) is 9.59 Å². The van der Waals surface area contributed by atoms with Gasteiger partial charge < -0.3 is 129 Å². The third kappa shape index (κ3) is 10.6. The number of allylic oxidation sites excluding steroid dienone is 1. The molecule has 4 saturated carbocycles. The van der Waals surface area contributed by atoms with E-state index in [1.807, 2.05) is 6.92 Å². The molecule has 5 aliphatic heterocycles. The average molecular weight is 1240 g/mol. The zero-order chi connectivity index (χ0) is 62.9. The quantitative estimate of drug-likeness (QED) is 0.0455. The maximum Gasteiger partial charge on any atom is 0.315 e. The second-order valence-corrected chi connectivity index (χ2v) is 28.0. The van der Waals surface area contributed by atoms with E-state index >= 15 is 4.79 Å². The Balaban J connectivity index is 0.951. The fourth-order valence-electron chi connectivity index (χ4n) is 17.6. The van der Waals surface area contributed by atoms with Gasteiger partial charge in [-0.2, -0.15) is 0 Å². The maximum absolute atomic E-state index is 15.8. The smallest absolute Gasteiger partial charge is 0.315 e. The molecule has 5 aliphatic carbocycles. The predicted octanol–water partition coefficient (Wildman–Crippen LogP) is -3.52. The summed E-state index contributed by atoms with van der Waals surface area (Å²) in [5, 5.41) is 175. The number of rotatable bonds is 14. The number of aliphatic carboxylic acids is 1. The van der Waals surface area contributed by atoms with Gasteiger partial charge in [0.15, 0.2) is 31.3 Å². The third-order valence-corrected chi connectivity index (χ3v) is 22.8. The summed E-state index contributed by atoms with van der Waals surface area (Å²) in [6, 6.07) is 0. The summed E-state index contributed by atoms with van der Waals surface area (Å²) in [6.07, 6.45) is -33.1. The summed E-state index contributed by atoms with van der Waals surface area (Å²) < 4.78 is 60.1. The molecular weight excluding hydrogens is 1140 g/mol. The Kier molecular flexibility index (Phi) is 18.6. The number of ether oxygens (including phenoxy) is 10. The molecule has 0 aromatic carbocycles. The van der Waals surface area contributed by atoms with Crippen LogP contribution in [0.4, 0.5) is 0 Å². The summed E-state index contributed by atoms with van der Waals surface area (Å²) in [5.74, 6) is -6.12. The topological polar surface area (TPSA) is 450 Å². The van der Waals surface area contributed by atoms with Crippen molar-refractivity contribution in [2.24, 2.45) is 50.2 Å². The molecule has 16 N–H and O–H groups in total. The van der Waals surface area contributed by atoms with Crippen LogP contribution in [0.25, 0.3) is 0 Å². The first kappa shape index (κ1) is 66.6. The van der Waals surface area contributed by atoms with Gasteiger partial charge in [0.25, 0.3) is 0 Å². The number of hydrogen-bond donors (Lipinski definition) is 16. The Morgan fingerprint density at radius 2 is 1.27 bits per heavy atom. The molecule has 86 heavy (non-hydrogen) atoms. The van der Waals surface area contributed by atoms with Crippen molar-refractivity contribution in [1.82, 2.24) is 0 Å². The highest BCUT2D eigenvalue weighted by Crippen LogP contribution is 2.76. The number of fused-ring (bicyclic) bond motifs is 7. The summed E-state index contributed by atoms with van der Waals surface area (Å²) in [6.45, 7) is 10.0. The summed E-state index contributed by atoms with van der Waals surface area (Å²) >= 11 is 0. The number of carbonyl (C=O) groups excluding carboxylic acids is 1. The van der Waals surface area contributed by atoms with E-state index in [1.54, 1.807) is 0 Å². The molecule has 0 amide bonds. The van der Waals surface area contributed by atoms with Gasteiger partial charge in [0, 0.05) is 11.8 Å². The van der Waals surface area contributed by atoms with E-state index < -0.39 is 224 Å². The highest BCUT2D eigenvalue weighted by molar-refractivity contribution is 5.79. The summed E-state index contributed by atoms with van der Waals surface area (Å²) in [5.41, 5.74) is -5.37. The molecule has 0 bridgehead atoms. The molecule has 10 rings (SSSR count). The fourth-order valence-corrected chi connectivity index (χ4v) is 17.6.